The van der Waals surface area contributed by atoms with Crippen molar-refractivity contribution in [1.82, 2.24) is 9.13 Å². The summed E-state index contributed by atoms with van der Waals surface area (Å²) in [4.78, 5) is 36.4. The molecule has 3 rings (SSSR count). The molecule has 1 aliphatic heterocycles. The minimum atomic E-state index is -1.55. The third kappa shape index (κ3) is 3.62. The van der Waals surface area contributed by atoms with Gasteiger partial charge in [-0.15, -0.1) is 0 Å². The van der Waals surface area contributed by atoms with Crippen molar-refractivity contribution in [1.29, 1.82) is 0 Å². The van der Waals surface area contributed by atoms with Crippen LogP contribution in [-0.2, 0) is 16.5 Å². The summed E-state index contributed by atoms with van der Waals surface area (Å²) in [5.74, 6) is -1.78. The number of esters is 1. The van der Waals surface area contributed by atoms with Crippen molar-refractivity contribution in [3.63, 3.8) is 0 Å². The molecule has 0 aliphatic carbocycles. The number of aromatic nitrogens is 2. The Morgan fingerprint density at radius 1 is 1.28 bits per heavy atom. The molecule has 0 radical (unpaired) electrons. The van der Waals surface area contributed by atoms with Gasteiger partial charge in [0.15, 0.2) is 12.3 Å². The maximum Gasteiger partial charge on any atom is 0.342 e. The normalized spacial score (nSPS) is 23.9. The number of aromatic hydroxyl groups is 2. The van der Waals surface area contributed by atoms with Gasteiger partial charge in [-0.3, -0.25) is 13.9 Å². The second kappa shape index (κ2) is 7.70. The van der Waals surface area contributed by atoms with Crippen molar-refractivity contribution in [2.75, 3.05) is 6.61 Å². The molecule has 1 saturated heterocycles. The molecule has 29 heavy (non-hydrogen) atoms. The molecule has 11 heteroatoms. The maximum absolute atomic E-state index is 12.5. The van der Waals surface area contributed by atoms with Gasteiger partial charge in [0.1, 0.15) is 29.3 Å². The molecule has 4 atom stereocenters. The van der Waals surface area contributed by atoms with Crippen molar-refractivity contribution in [2.45, 2.75) is 31.5 Å². The lowest BCUT2D eigenvalue weighted by Gasteiger charge is -2.21. The Morgan fingerprint density at radius 2 is 1.97 bits per heavy atom. The van der Waals surface area contributed by atoms with Gasteiger partial charge >= 0.3 is 11.7 Å². The van der Waals surface area contributed by atoms with Crippen LogP contribution in [0.25, 0.3) is 0 Å². The molecule has 2 heterocycles. The van der Waals surface area contributed by atoms with Crippen LogP contribution in [0.5, 0.6) is 11.5 Å². The first kappa shape index (κ1) is 20.6. The fraction of sp³-hybridized carbons (Fsp3) is 0.389. The summed E-state index contributed by atoms with van der Waals surface area (Å²) < 4.78 is 12.5. The first-order valence-electron chi connectivity index (χ1n) is 8.61. The lowest BCUT2D eigenvalue weighted by molar-refractivity contribution is -0.0568. The fourth-order valence-electron chi connectivity index (χ4n) is 3.22. The number of hydrogen-bond acceptors (Lipinski definition) is 9. The van der Waals surface area contributed by atoms with E-state index in [9.17, 15) is 34.8 Å². The van der Waals surface area contributed by atoms with E-state index in [4.69, 9.17) is 9.47 Å². The van der Waals surface area contributed by atoms with Gasteiger partial charge in [-0.1, -0.05) is 0 Å². The summed E-state index contributed by atoms with van der Waals surface area (Å²) in [6, 6.07) is 3.30. The van der Waals surface area contributed by atoms with Gasteiger partial charge in [0.05, 0.1) is 6.61 Å². The average molecular weight is 408 g/mol. The SMILES string of the molecule is Cc1cc(O)cc(O)c1C(=O)O[C@H]1[C@@H](O)[C@H](n2ccc(=O)n(C)c2=O)O[C@@H]1CO. The maximum atomic E-state index is 12.5. The van der Waals surface area contributed by atoms with Crippen LogP contribution in [0.3, 0.4) is 0 Å². The molecule has 1 aromatic carbocycles. The molecule has 0 bridgehead atoms. The van der Waals surface area contributed by atoms with E-state index in [1.807, 2.05) is 0 Å². The molecule has 2 aromatic rings. The van der Waals surface area contributed by atoms with E-state index in [1.54, 1.807) is 0 Å². The smallest absolute Gasteiger partial charge is 0.342 e. The average Bonchev–Trinajstić information content (AvgIpc) is 2.95. The highest BCUT2D eigenvalue weighted by Gasteiger charge is 2.47. The molecular weight excluding hydrogens is 388 g/mol. The van der Waals surface area contributed by atoms with Crippen LogP contribution in [0.4, 0.5) is 0 Å². The zero-order valence-electron chi connectivity index (χ0n) is 15.6. The molecule has 1 aliphatic rings. The van der Waals surface area contributed by atoms with Gasteiger partial charge in [0, 0.05) is 25.4 Å². The number of carbonyl (C=O) groups is 1. The van der Waals surface area contributed by atoms with Crippen LogP contribution in [-0.4, -0.2) is 60.4 Å². The number of aliphatic hydroxyl groups is 2. The quantitative estimate of drug-likeness (QED) is 0.453. The fourth-order valence-corrected chi connectivity index (χ4v) is 3.22. The standard InChI is InChI=1S/C18H20N2O9/c1-8-5-9(22)6-10(23)13(8)17(26)29-15-11(7-21)28-16(14(15)25)20-4-3-12(24)19(2)18(20)27/h3-6,11,14-16,21-23,25H,7H2,1-2H3/t11-,14-,15-,16-/m1/s1. The number of aryl methyl sites for hydroxylation is 1. The van der Waals surface area contributed by atoms with Gasteiger partial charge in [-0.2, -0.15) is 0 Å². The summed E-state index contributed by atoms with van der Waals surface area (Å²) in [7, 11) is 1.25. The molecule has 0 saturated carbocycles. The summed E-state index contributed by atoms with van der Waals surface area (Å²) in [6.07, 6.45) is -4.27. The number of benzene rings is 1. The first-order chi connectivity index (χ1) is 13.6. The van der Waals surface area contributed by atoms with E-state index in [2.05, 4.69) is 0 Å². The predicted molar refractivity (Wildman–Crippen MR) is 96.7 cm³/mol. The number of hydrogen-bond donors (Lipinski definition) is 4. The molecule has 1 aromatic heterocycles. The monoisotopic (exact) mass is 408 g/mol. The van der Waals surface area contributed by atoms with Crippen LogP contribution in [0.1, 0.15) is 22.1 Å². The Hall–Kier alpha value is -3.15. The van der Waals surface area contributed by atoms with Crippen LogP contribution < -0.4 is 11.2 Å². The van der Waals surface area contributed by atoms with E-state index < -0.39 is 54.1 Å². The molecular formula is C18H20N2O9. The van der Waals surface area contributed by atoms with Crippen LogP contribution in [0, 0.1) is 6.92 Å². The van der Waals surface area contributed by atoms with E-state index in [1.165, 1.54) is 20.0 Å². The summed E-state index contributed by atoms with van der Waals surface area (Å²) >= 11 is 0. The summed E-state index contributed by atoms with van der Waals surface area (Å²) in [6.45, 7) is 0.834. The molecule has 0 amide bonds. The number of rotatable bonds is 4. The number of nitrogens with zero attached hydrogens (tertiary/aromatic N) is 2. The van der Waals surface area contributed by atoms with E-state index in [-0.39, 0.29) is 16.9 Å². The molecule has 0 spiro atoms. The summed E-state index contributed by atoms with van der Waals surface area (Å²) in [5, 5.41) is 39.6. The number of phenolic OH excluding ortho intramolecular Hbond substituents is 2. The van der Waals surface area contributed by atoms with Crippen molar-refractivity contribution >= 4 is 5.97 Å². The van der Waals surface area contributed by atoms with Crippen LogP contribution in [0.15, 0.2) is 34.0 Å². The van der Waals surface area contributed by atoms with Crippen molar-refractivity contribution in [3.8, 4) is 11.5 Å². The number of ether oxygens (including phenoxy) is 2. The predicted octanol–water partition coefficient (Wildman–Crippen LogP) is -1.26. The molecule has 156 valence electrons. The second-order valence-corrected chi connectivity index (χ2v) is 6.67. The Kier molecular flexibility index (Phi) is 5.46. The highest BCUT2D eigenvalue weighted by Crippen LogP contribution is 2.33. The van der Waals surface area contributed by atoms with E-state index in [0.717, 1.165) is 27.5 Å². The second-order valence-electron chi connectivity index (χ2n) is 6.67. The third-order valence-corrected chi connectivity index (χ3v) is 4.73. The van der Waals surface area contributed by atoms with E-state index in [0.29, 0.717) is 0 Å². The van der Waals surface area contributed by atoms with Crippen molar-refractivity contribution in [2.24, 2.45) is 7.05 Å². The Balaban J connectivity index is 1.91. The Morgan fingerprint density at radius 3 is 2.59 bits per heavy atom. The lowest BCUT2D eigenvalue weighted by Crippen LogP contribution is -2.42. The zero-order valence-corrected chi connectivity index (χ0v) is 15.6. The number of phenols is 2. The molecule has 4 N–H and O–H groups in total. The largest absolute Gasteiger partial charge is 0.508 e. The van der Waals surface area contributed by atoms with Crippen LogP contribution >= 0.6 is 0 Å². The third-order valence-electron chi connectivity index (χ3n) is 4.73. The number of carbonyl (C=O) groups excluding carboxylic acids is 1. The molecule has 0 unspecified atom stereocenters. The molecule has 11 nitrogen and oxygen atoms in total. The topological polar surface area (TPSA) is 160 Å². The Labute approximate surface area is 163 Å². The zero-order chi connectivity index (χ0) is 21.5. The van der Waals surface area contributed by atoms with Crippen molar-refractivity contribution < 1.29 is 34.7 Å². The molecule has 1 fully saturated rings. The lowest BCUT2D eigenvalue weighted by atomic mass is 10.1. The first-order valence-corrected chi connectivity index (χ1v) is 8.61. The van der Waals surface area contributed by atoms with Gasteiger partial charge < -0.3 is 29.9 Å². The van der Waals surface area contributed by atoms with Crippen molar-refractivity contribution in [3.05, 3.63) is 56.4 Å². The minimum Gasteiger partial charge on any atom is -0.508 e. The van der Waals surface area contributed by atoms with E-state index >= 15 is 0 Å². The van der Waals surface area contributed by atoms with Gasteiger partial charge in [0.2, 0.25) is 0 Å². The highest BCUT2D eigenvalue weighted by molar-refractivity contribution is 5.94. The van der Waals surface area contributed by atoms with Gasteiger partial charge in [-0.05, 0) is 18.6 Å². The van der Waals surface area contributed by atoms with Gasteiger partial charge in [0.25, 0.3) is 5.56 Å². The number of aliphatic hydroxyl groups excluding tert-OH is 2. The summed E-state index contributed by atoms with van der Waals surface area (Å²) in [5.41, 5.74) is -1.32. The highest BCUT2D eigenvalue weighted by atomic mass is 16.6. The van der Waals surface area contributed by atoms with Crippen LogP contribution in [0.2, 0.25) is 0 Å². The minimum absolute atomic E-state index is 0.227. The Bertz CT molecular complexity index is 1040. The van der Waals surface area contributed by atoms with Gasteiger partial charge in [-0.25, -0.2) is 9.59 Å².